The van der Waals surface area contributed by atoms with Gasteiger partial charge in [0.1, 0.15) is 0 Å². The summed E-state index contributed by atoms with van der Waals surface area (Å²) in [6.07, 6.45) is 3.14. The van der Waals surface area contributed by atoms with Gasteiger partial charge < -0.3 is 9.84 Å². The number of phenolic OH excluding ortho intramolecular Hbond substituents is 1. The first-order chi connectivity index (χ1) is 18.6. The molecular formula is C27H18Br3N3O6. The molecule has 0 spiro atoms. The number of aromatic nitrogens is 3. The summed E-state index contributed by atoms with van der Waals surface area (Å²) in [4.78, 5) is 54.0. The zero-order valence-electron chi connectivity index (χ0n) is 20.2. The SMILES string of the molecule is COc1cc([C@H]2C3=CCn4c(=O)n(-c5ccccc5)c(=O)n4[C@@H]3CC3=C2C(=O)C=C(Br)C3=O)c(Br)c(Br)c1O. The molecule has 1 aliphatic heterocycles. The summed E-state index contributed by atoms with van der Waals surface area (Å²) in [7, 11) is 1.41. The largest absolute Gasteiger partial charge is 0.503 e. The number of benzene rings is 2. The van der Waals surface area contributed by atoms with E-state index >= 15 is 0 Å². The van der Waals surface area contributed by atoms with Crippen LogP contribution in [0.15, 0.2) is 88.3 Å². The maximum absolute atomic E-state index is 13.8. The summed E-state index contributed by atoms with van der Waals surface area (Å²) in [5.74, 6) is -1.43. The number of ketones is 2. The molecule has 0 saturated heterocycles. The van der Waals surface area contributed by atoms with Crippen molar-refractivity contribution in [3.63, 3.8) is 0 Å². The van der Waals surface area contributed by atoms with Crippen LogP contribution < -0.4 is 16.1 Å². The van der Waals surface area contributed by atoms with E-state index in [1.807, 2.05) is 6.08 Å². The number of allylic oxidation sites excluding steroid dienone is 6. The van der Waals surface area contributed by atoms with E-state index in [1.54, 1.807) is 36.4 Å². The Hall–Kier alpha value is -3.22. The predicted octanol–water partition coefficient (Wildman–Crippen LogP) is 4.44. The Labute approximate surface area is 246 Å². The monoisotopic (exact) mass is 717 g/mol. The fraction of sp³-hybridized carbons (Fsp3) is 0.185. The second-order valence-electron chi connectivity index (χ2n) is 9.24. The maximum atomic E-state index is 13.8. The Balaban J connectivity index is 1.63. The van der Waals surface area contributed by atoms with Gasteiger partial charge in [-0.3, -0.25) is 9.59 Å². The topological polar surface area (TPSA) is 113 Å². The molecule has 2 atom stereocenters. The van der Waals surface area contributed by atoms with Crippen molar-refractivity contribution in [3.8, 4) is 17.2 Å². The second kappa shape index (κ2) is 9.46. The van der Waals surface area contributed by atoms with Crippen molar-refractivity contribution in [2.45, 2.75) is 24.9 Å². The third-order valence-corrected chi connectivity index (χ3v) is 10.1. The van der Waals surface area contributed by atoms with E-state index in [1.165, 1.54) is 22.5 Å². The number of rotatable bonds is 3. The van der Waals surface area contributed by atoms with Crippen molar-refractivity contribution in [3.05, 3.63) is 105 Å². The van der Waals surface area contributed by atoms with Crippen molar-refractivity contribution in [1.29, 1.82) is 0 Å². The summed E-state index contributed by atoms with van der Waals surface area (Å²) >= 11 is 10.1. The average molecular weight is 720 g/mol. The predicted molar refractivity (Wildman–Crippen MR) is 153 cm³/mol. The molecule has 198 valence electrons. The molecule has 12 heteroatoms. The van der Waals surface area contributed by atoms with Crippen LogP contribution in [0.2, 0.25) is 0 Å². The molecule has 2 heterocycles. The number of Topliss-reactive ketones (excluding diaryl/α,β-unsaturated/α-hetero) is 1. The molecule has 0 unspecified atom stereocenters. The fourth-order valence-electron chi connectivity index (χ4n) is 5.61. The molecule has 0 fully saturated rings. The Morgan fingerprint density at radius 3 is 2.41 bits per heavy atom. The summed E-state index contributed by atoms with van der Waals surface area (Å²) in [6, 6.07) is 9.52. The van der Waals surface area contributed by atoms with Gasteiger partial charge in [-0.05, 0) is 77.1 Å². The minimum Gasteiger partial charge on any atom is -0.503 e. The third kappa shape index (κ3) is 3.75. The van der Waals surface area contributed by atoms with Gasteiger partial charge in [0.25, 0.3) is 0 Å². The summed E-state index contributed by atoms with van der Waals surface area (Å²) in [5, 5.41) is 10.6. The van der Waals surface area contributed by atoms with Crippen LogP contribution in [0.5, 0.6) is 11.5 Å². The van der Waals surface area contributed by atoms with Gasteiger partial charge in [-0.25, -0.2) is 23.5 Å². The van der Waals surface area contributed by atoms with Crippen LogP contribution >= 0.6 is 47.8 Å². The molecule has 3 aromatic rings. The molecular weight excluding hydrogens is 702 g/mol. The molecule has 1 N–H and O–H groups in total. The van der Waals surface area contributed by atoms with Gasteiger partial charge in [-0.15, -0.1) is 0 Å². The average Bonchev–Trinajstić information content (AvgIpc) is 3.19. The number of hydrogen-bond acceptors (Lipinski definition) is 6. The lowest BCUT2D eigenvalue weighted by Crippen LogP contribution is -2.40. The van der Waals surface area contributed by atoms with Gasteiger partial charge in [0.15, 0.2) is 23.1 Å². The number of hydrogen-bond donors (Lipinski definition) is 1. The lowest BCUT2D eigenvalue weighted by Gasteiger charge is -2.39. The smallest absolute Gasteiger partial charge is 0.352 e. The Kier molecular flexibility index (Phi) is 6.31. The van der Waals surface area contributed by atoms with Crippen LogP contribution in [0.3, 0.4) is 0 Å². The van der Waals surface area contributed by atoms with E-state index in [2.05, 4.69) is 47.8 Å². The molecule has 0 radical (unpaired) electrons. The fourth-order valence-corrected chi connectivity index (χ4v) is 7.01. The summed E-state index contributed by atoms with van der Waals surface area (Å²) < 4.78 is 10.1. The molecule has 2 aromatic carbocycles. The van der Waals surface area contributed by atoms with Crippen molar-refractivity contribution in [2.24, 2.45) is 0 Å². The quantitative estimate of drug-likeness (QED) is 0.317. The molecule has 0 amide bonds. The number of ether oxygens (including phenoxy) is 1. The molecule has 1 aromatic heterocycles. The number of carbonyl (C=O) groups excluding carboxylic acids is 2. The minimum atomic E-state index is -0.761. The molecule has 0 saturated carbocycles. The second-order valence-corrected chi connectivity index (χ2v) is 11.7. The highest BCUT2D eigenvalue weighted by Crippen LogP contribution is 2.54. The zero-order valence-corrected chi connectivity index (χ0v) is 24.9. The molecule has 2 aliphatic carbocycles. The van der Waals surface area contributed by atoms with E-state index < -0.39 is 23.3 Å². The van der Waals surface area contributed by atoms with E-state index in [-0.39, 0.29) is 51.7 Å². The van der Waals surface area contributed by atoms with Gasteiger partial charge in [0.2, 0.25) is 0 Å². The Morgan fingerprint density at radius 2 is 1.72 bits per heavy atom. The highest BCUT2D eigenvalue weighted by molar-refractivity contribution is 9.13. The third-order valence-electron chi connectivity index (χ3n) is 7.32. The maximum Gasteiger partial charge on any atom is 0.352 e. The number of methoxy groups -OCH3 is 1. The van der Waals surface area contributed by atoms with Crippen molar-refractivity contribution >= 4 is 59.4 Å². The van der Waals surface area contributed by atoms with Crippen molar-refractivity contribution in [2.75, 3.05) is 7.11 Å². The molecule has 0 bridgehead atoms. The number of nitrogens with zero attached hydrogens (tertiary/aromatic N) is 3. The van der Waals surface area contributed by atoms with E-state index in [0.29, 0.717) is 25.8 Å². The first-order valence-corrected chi connectivity index (χ1v) is 14.2. The lowest BCUT2D eigenvalue weighted by molar-refractivity contribution is -0.115. The highest BCUT2D eigenvalue weighted by Gasteiger charge is 2.46. The first-order valence-electron chi connectivity index (χ1n) is 11.8. The molecule has 39 heavy (non-hydrogen) atoms. The first kappa shape index (κ1) is 26.0. The van der Waals surface area contributed by atoms with E-state index in [0.717, 1.165) is 4.57 Å². The van der Waals surface area contributed by atoms with Crippen molar-refractivity contribution in [1.82, 2.24) is 13.9 Å². The van der Waals surface area contributed by atoms with Crippen LogP contribution in [0.4, 0.5) is 0 Å². The standard InChI is InChI=1S/C27H18Br3N3O6/c1-39-19-10-14(22(29)23(30)25(19)36)20-13-7-8-31-26(37)32(12-5-3-2-4-6-12)27(38)33(31)17(13)9-15-21(20)18(34)11-16(28)24(15)35/h2-7,10-11,17,20,36H,8-9H2,1H3/t17-,20-/m1/s1. The molecule has 6 rings (SSSR count). The van der Waals surface area contributed by atoms with E-state index in [4.69, 9.17) is 4.74 Å². The number of fused-ring (bicyclic) bond motifs is 3. The number of aromatic hydroxyl groups is 1. The Bertz CT molecular complexity index is 1830. The van der Waals surface area contributed by atoms with Crippen LogP contribution in [0.1, 0.15) is 23.9 Å². The van der Waals surface area contributed by atoms with E-state index in [9.17, 15) is 24.3 Å². The summed E-state index contributed by atoms with van der Waals surface area (Å²) in [6.45, 7) is 0.0918. The Morgan fingerprint density at radius 1 is 1.00 bits per heavy atom. The normalized spacial score (nSPS) is 20.2. The lowest BCUT2D eigenvalue weighted by atomic mass is 9.69. The zero-order chi connectivity index (χ0) is 27.7. The van der Waals surface area contributed by atoms with Gasteiger partial charge in [-0.1, -0.05) is 24.3 Å². The van der Waals surface area contributed by atoms with Gasteiger partial charge >= 0.3 is 11.4 Å². The van der Waals surface area contributed by atoms with Crippen LogP contribution in [-0.2, 0) is 16.1 Å². The summed E-state index contributed by atoms with van der Waals surface area (Å²) in [5.41, 5.74) is 1.18. The van der Waals surface area contributed by atoms with Gasteiger partial charge in [0.05, 0.1) is 34.3 Å². The van der Waals surface area contributed by atoms with Crippen LogP contribution in [0, 0.1) is 0 Å². The highest BCUT2D eigenvalue weighted by atomic mass is 79.9. The minimum absolute atomic E-state index is 0.0529. The van der Waals surface area contributed by atoms with Crippen molar-refractivity contribution < 1.29 is 19.4 Å². The molecule has 9 nitrogen and oxygen atoms in total. The number of carbonyl (C=O) groups is 2. The number of phenols is 1. The van der Waals surface area contributed by atoms with Crippen LogP contribution in [-0.4, -0.2) is 37.7 Å². The van der Waals surface area contributed by atoms with Gasteiger partial charge in [-0.2, -0.15) is 0 Å². The van der Waals surface area contributed by atoms with Crippen LogP contribution in [0.25, 0.3) is 5.69 Å². The number of para-hydroxylation sites is 1. The number of halogens is 3. The van der Waals surface area contributed by atoms with Gasteiger partial charge in [0, 0.05) is 34.0 Å². The molecule has 3 aliphatic rings.